The first-order chi connectivity index (χ1) is 12.2. The first kappa shape index (κ1) is 17.4. The van der Waals surface area contributed by atoms with Crippen LogP contribution in [0.3, 0.4) is 0 Å². The zero-order valence-electron chi connectivity index (χ0n) is 14.1. The summed E-state index contributed by atoms with van der Waals surface area (Å²) in [6, 6.07) is 11.4. The summed E-state index contributed by atoms with van der Waals surface area (Å²) >= 11 is 1.69. The maximum atomic E-state index is 12.3. The number of piperazine rings is 1. The lowest BCUT2D eigenvalue weighted by Crippen LogP contribution is -2.50. The van der Waals surface area contributed by atoms with Gasteiger partial charge in [-0.2, -0.15) is 0 Å². The molecule has 0 N–H and O–H groups in total. The summed E-state index contributed by atoms with van der Waals surface area (Å²) in [7, 11) is 0. The van der Waals surface area contributed by atoms with Gasteiger partial charge in [-0.1, -0.05) is 12.1 Å². The third kappa shape index (κ3) is 4.33. The quantitative estimate of drug-likeness (QED) is 0.624. The summed E-state index contributed by atoms with van der Waals surface area (Å²) in [5.41, 5.74) is 0.998. The van der Waals surface area contributed by atoms with Gasteiger partial charge in [0.2, 0.25) is 5.91 Å². The highest BCUT2D eigenvalue weighted by atomic mass is 32.2. The zero-order chi connectivity index (χ0) is 17.6. The highest BCUT2D eigenvalue weighted by Crippen LogP contribution is 2.16. The van der Waals surface area contributed by atoms with E-state index in [1.807, 2.05) is 36.6 Å². The van der Waals surface area contributed by atoms with Gasteiger partial charge in [-0.15, -0.1) is 11.8 Å². The van der Waals surface area contributed by atoms with E-state index in [2.05, 4.69) is 0 Å². The van der Waals surface area contributed by atoms with Crippen molar-refractivity contribution in [3.05, 3.63) is 60.1 Å². The number of benzene rings is 1. The summed E-state index contributed by atoms with van der Waals surface area (Å²) in [5.74, 6) is 0.189. The van der Waals surface area contributed by atoms with Crippen LogP contribution in [0.4, 0.5) is 0 Å². The SMILES string of the molecule is CSc1ccc(/C=C/C(=O)N2CCN(C(=O)c3ccco3)CC2)cc1. The second-order valence-electron chi connectivity index (χ2n) is 5.70. The van der Waals surface area contributed by atoms with Gasteiger partial charge in [0.15, 0.2) is 5.76 Å². The van der Waals surface area contributed by atoms with Gasteiger partial charge in [0, 0.05) is 37.2 Å². The normalized spacial score (nSPS) is 14.9. The van der Waals surface area contributed by atoms with Gasteiger partial charge >= 0.3 is 0 Å². The Morgan fingerprint density at radius 3 is 2.32 bits per heavy atom. The van der Waals surface area contributed by atoms with E-state index in [1.54, 1.807) is 39.8 Å². The molecule has 0 atom stereocenters. The molecule has 1 aliphatic heterocycles. The number of hydrogen-bond donors (Lipinski definition) is 0. The van der Waals surface area contributed by atoms with Gasteiger partial charge in [-0.05, 0) is 42.2 Å². The topological polar surface area (TPSA) is 53.8 Å². The molecule has 0 bridgehead atoms. The summed E-state index contributed by atoms with van der Waals surface area (Å²) < 4.78 is 5.14. The minimum absolute atomic E-state index is 0.0287. The molecule has 6 heteroatoms. The lowest BCUT2D eigenvalue weighted by Gasteiger charge is -2.33. The van der Waals surface area contributed by atoms with E-state index in [4.69, 9.17) is 4.42 Å². The molecule has 25 heavy (non-hydrogen) atoms. The molecule has 3 rings (SSSR count). The van der Waals surface area contributed by atoms with Crippen molar-refractivity contribution in [2.45, 2.75) is 4.90 Å². The number of hydrogen-bond acceptors (Lipinski definition) is 4. The average molecular weight is 356 g/mol. The first-order valence-electron chi connectivity index (χ1n) is 8.11. The average Bonchev–Trinajstić information content (AvgIpc) is 3.21. The van der Waals surface area contributed by atoms with Crippen LogP contribution in [0.2, 0.25) is 0 Å². The van der Waals surface area contributed by atoms with Crippen molar-refractivity contribution in [3.63, 3.8) is 0 Å². The fourth-order valence-electron chi connectivity index (χ4n) is 2.67. The van der Waals surface area contributed by atoms with Crippen molar-refractivity contribution in [2.24, 2.45) is 0 Å². The lowest BCUT2D eigenvalue weighted by atomic mass is 10.2. The monoisotopic (exact) mass is 356 g/mol. The smallest absolute Gasteiger partial charge is 0.289 e. The molecule has 1 aromatic heterocycles. The molecule has 2 amide bonds. The van der Waals surface area contributed by atoms with Crippen LogP contribution in [0.1, 0.15) is 16.1 Å². The molecule has 1 fully saturated rings. The Hall–Kier alpha value is -2.47. The summed E-state index contributed by atoms with van der Waals surface area (Å²) in [6.45, 7) is 2.09. The van der Waals surface area contributed by atoms with Crippen LogP contribution in [-0.4, -0.2) is 54.0 Å². The molecule has 1 aromatic carbocycles. The standard InChI is InChI=1S/C19H20N2O3S/c1-25-16-7-4-15(5-8-16)6-9-18(22)20-10-12-21(13-11-20)19(23)17-3-2-14-24-17/h2-9,14H,10-13H2,1H3/b9-6+. The predicted molar refractivity (Wildman–Crippen MR) is 98.4 cm³/mol. The minimum atomic E-state index is -0.124. The molecule has 2 aromatic rings. The van der Waals surface area contributed by atoms with Crippen LogP contribution in [-0.2, 0) is 4.79 Å². The molecular formula is C19H20N2O3S. The maximum Gasteiger partial charge on any atom is 0.289 e. The second-order valence-corrected chi connectivity index (χ2v) is 6.58. The van der Waals surface area contributed by atoms with Crippen LogP contribution in [0.15, 0.2) is 58.1 Å². The Morgan fingerprint density at radius 1 is 1.04 bits per heavy atom. The first-order valence-corrected chi connectivity index (χ1v) is 9.33. The molecule has 0 aliphatic carbocycles. The number of carbonyl (C=O) groups is 2. The van der Waals surface area contributed by atoms with Crippen molar-refractivity contribution >= 4 is 29.7 Å². The predicted octanol–water partition coefficient (Wildman–Crippen LogP) is 3.00. The van der Waals surface area contributed by atoms with Crippen molar-refractivity contribution in [1.29, 1.82) is 0 Å². The van der Waals surface area contributed by atoms with Crippen molar-refractivity contribution in [3.8, 4) is 0 Å². The number of carbonyl (C=O) groups excluding carboxylic acids is 2. The Morgan fingerprint density at radius 2 is 1.72 bits per heavy atom. The maximum absolute atomic E-state index is 12.3. The number of rotatable bonds is 4. The number of nitrogens with zero attached hydrogens (tertiary/aromatic N) is 2. The molecule has 130 valence electrons. The van der Waals surface area contributed by atoms with E-state index < -0.39 is 0 Å². The molecule has 0 radical (unpaired) electrons. The number of thioether (sulfide) groups is 1. The van der Waals surface area contributed by atoms with E-state index in [1.165, 1.54) is 11.2 Å². The van der Waals surface area contributed by atoms with Gasteiger partial charge in [-0.25, -0.2) is 0 Å². The molecule has 0 unspecified atom stereocenters. The summed E-state index contributed by atoms with van der Waals surface area (Å²) in [4.78, 5) is 29.2. The van der Waals surface area contributed by atoms with Crippen LogP contribution < -0.4 is 0 Å². The molecule has 1 aliphatic rings. The summed E-state index contributed by atoms with van der Waals surface area (Å²) in [5, 5.41) is 0. The highest BCUT2D eigenvalue weighted by molar-refractivity contribution is 7.98. The third-order valence-electron chi connectivity index (χ3n) is 4.14. The van der Waals surface area contributed by atoms with Crippen molar-refractivity contribution in [1.82, 2.24) is 9.80 Å². The summed E-state index contributed by atoms with van der Waals surface area (Å²) in [6.07, 6.45) is 6.94. The van der Waals surface area contributed by atoms with Crippen LogP contribution in [0, 0.1) is 0 Å². The Labute approximate surface area is 151 Å². The molecule has 5 nitrogen and oxygen atoms in total. The molecule has 0 saturated carbocycles. The number of amides is 2. The largest absolute Gasteiger partial charge is 0.459 e. The van der Waals surface area contributed by atoms with Gasteiger partial charge in [0.05, 0.1) is 6.26 Å². The van der Waals surface area contributed by atoms with Crippen molar-refractivity contribution < 1.29 is 14.0 Å². The van der Waals surface area contributed by atoms with E-state index >= 15 is 0 Å². The third-order valence-corrected chi connectivity index (χ3v) is 4.89. The second kappa shape index (κ2) is 8.07. The van der Waals surface area contributed by atoms with Crippen LogP contribution in [0.25, 0.3) is 6.08 Å². The molecule has 1 saturated heterocycles. The fraction of sp³-hybridized carbons (Fsp3) is 0.263. The Kier molecular flexibility index (Phi) is 5.60. The van der Waals surface area contributed by atoms with Gasteiger partial charge in [-0.3, -0.25) is 9.59 Å². The number of furan rings is 1. The van der Waals surface area contributed by atoms with E-state index in [-0.39, 0.29) is 11.8 Å². The molecular weight excluding hydrogens is 336 g/mol. The van der Waals surface area contributed by atoms with Gasteiger partial charge in [0.1, 0.15) is 0 Å². The van der Waals surface area contributed by atoms with E-state index in [0.717, 1.165) is 5.56 Å². The van der Waals surface area contributed by atoms with Gasteiger partial charge in [0.25, 0.3) is 5.91 Å². The minimum Gasteiger partial charge on any atom is -0.459 e. The lowest BCUT2D eigenvalue weighted by molar-refractivity contribution is -0.127. The molecule has 2 heterocycles. The molecule has 0 spiro atoms. The fourth-order valence-corrected chi connectivity index (χ4v) is 3.08. The van der Waals surface area contributed by atoms with Crippen molar-refractivity contribution in [2.75, 3.05) is 32.4 Å². The van der Waals surface area contributed by atoms with Crippen LogP contribution >= 0.6 is 11.8 Å². The Bertz CT molecular complexity index is 745. The Balaban J connectivity index is 1.52. The van der Waals surface area contributed by atoms with E-state index in [9.17, 15) is 9.59 Å². The van der Waals surface area contributed by atoms with E-state index in [0.29, 0.717) is 31.9 Å². The van der Waals surface area contributed by atoms with Crippen LogP contribution in [0.5, 0.6) is 0 Å². The highest BCUT2D eigenvalue weighted by Gasteiger charge is 2.25. The zero-order valence-corrected chi connectivity index (χ0v) is 14.9. The van der Waals surface area contributed by atoms with Gasteiger partial charge < -0.3 is 14.2 Å².